The molecule has 2 aromatic carbocycles. The van der Waals surface area contributed by atoms with Gasteiger partial charge >= 0.3 is 0 Å². The summed E-state index contributed by atoms with van der Waals surface area (Å²) in [7, 11) is 1.77. The predicted octanol–water partition coefficient (Wildman–Crippen LogP) is 3.79. The van der Waals surface area contributed by atoms with Crippen LogP contribution < -0.4 is 0 Å². The number of rotatable bonds is 4. The number of methoxy groups -OCH3 is 1. The molecule has 2 rings (SSSR count). The Bertz CT molecular complexity index is 449. The number of ether oxygens (including phenoxy) is 1. The van der Waals surface area contributed by atoms with Gasteiger partial charge in [-0.05, 0) is 18.1 Å². The smallest absolute Gasteiger partial charge is 0.0939 e. The van der Waals surface area contributed by atoms with Crippen LogP contribution >= 0.6 is 0 Å². The third-order valence-electron chi connectivity index (χ3n) is 3.22. The minimum absolute atomic E-state index is 0.261. The molecule has 0 aliphatic carbocycles. The molecule has 17 heavy (non-hydrogen) atoms. The summed E-state index contributed by atoms with van der Waals surface area (Å²) in [6, 6.07) is 20.8. The molecule has 0 N–H and O–H groups in total. The Morgan fingerprint density at radius 2 is 1.41 bits per heavy atom. The van der Waals surface area contributed by atoms with Gasteiger partial charge in [0.2, 0.25) is 0 Å². The third-order valence-corrected chi connectivity index (χ3v) is 3.22. The summed E-state index contributed by atoms with van der Waals surface area (Å²) in [4.78, 5) is 0. The van der Waals surface area contributed by atoms with E-state index in [1.807, 2.05) is 12.1 Å². The van der Waals surface area contributed by atoms with E-state index in [1.165, 1.54) is 11.1 Å². The minimum Gasteiger partial charge on any atom is -0.373 e. The Balaban J connectivity index is 2.27. The second-order valence-electron chi connectivity index (χ2n) is 4.46. The van der Waals surface area contributed by atoms with Crippen LogP contribution in [0, 0.1) is 0 Å². The lowest BCUT2D eigenvalue weighted by molar-refractivity contribution is 0.00221. The average Bonchev–Trinajstić information content (AvgIpc) is 2.41. The lowest BCUT2D eigenvalue weighted by atomic mass is 9.89. The summed E-state index contributed by atoms with van der Waals surface area (Å²) < 4.78 is 5.73. The maximum atomic E-state index is 5.73. The Morgan fingerprint density at radius 1 is 0.882 bits per heavy atom. The molecule has 88 valence electrons. The maximum absolute atomic E-state index is 5.73. The van der Waals surface area contributed by atoms with Crippen LogP contribution in [0.1, 0.15) is 18.1 Å². The van der Waals surface area contributed by atoms with E-state index >= 15 is 0 Å². The van der Waals surface area contributed by atoms with E-state index in [9.17, 15) is 0 Å². The molecule has 1 heteroatoms. The highest BCUT2D eigenvalue weighted by molar-refractivity contribution is 5.26. The number of hydrogen-bond donors (Lipinski definition) is 0. The van der Waals surface area contributed by atoms with E-state index in [2.05, 4.69) is 55.5 Å². The molecule has 2 aromatic rings. The second-order valence-corrected chi connectivity index (χ2v) is 4.46. The molecule has 0 fully saturated rings. The van der Waals surface area contributed by atoms with Crippen molar-refractivity contribution in [2.45, 2.75) is 18.9 Å². The summed E-state index contributed by atoms with van der Waals surface area (Å²) >= 11 is 0. The second kappa shape index (κ2) is 5.15. The first-order chi connectivity index (χ1) is 8.24. The molecule has 0 heterocycles. The van der Waals surface area contributed by atoms with E-state index in [-0.39, 0.29) is 5.60 Å². The van der Waals surface area contributed by atoms with Crippen LogP contribution in [0.15, 0.2) is 60.7 Å². The summed E-state index contributed by atoms with van der Waals surface area (Å²) in [6.07, 6.45) is 0.883. The van der Waals surface area contributed by atoms with Crippen molar-refractivity contribution in [3.05, 3.63) is 71.8 Å². The van der Waals surface area contributed by atoms with Crippen LogP contribution in [-0.4, -0.2) is 7.11 Å². The summed E-state index contributed by atoms with van der Waals surface area (Å²) in [5.74, 6) is 0. The molecule has 0 amide bonds. The van der Waals surface area contributed by atoms with E-state index in [1.54, 1.807) is 7.11 Å². The highest BCUT2D eigenvalue weighted by Crippen LogP contribution is 2.28. The van der Waals surface area contributed by atoms with Crippen molar-refractivity contribution in [3.63, 3.8) is 0 Å². The van der Waals surface area contributed by atoms with Gasteiger partial charge in [0.05, 0.1) is 5.60 Å². The fourth-order valence-electron chi connectivity index (χ4n) is 2.07. The first kappa shape index (κ1) is 11.9. The third kappa shape index (κ3) is 2.75. The maximum Gasteiger partial charge on any atom is 0.0939 e. The molecule has 1 nitrogen and oxygen atoms in total. The van der Waals surface area contributed by atoms with Crippen LogP contribution in [0.4, 0.5) is 0 Å². The highest BCUT2D eigenvalue weighted by atomic mass is 16.5. The molecule has 0 aliphatic rings. The van der Waals surface area contributed by atoms with Crippen LogP contribution in [0.5, 0.6) is 0 Å². The SMILES string of the molecule is CO[C@@](C)(Cc1ccccc1)c1ccccc1. The quantitative estimate of drug-likeness (QED) is 0.770. The Hall–Kier alpha value is -1.60. The zero-order chi connectivity index (χ0) is 12.1. The standard InChI is InChI=1S/C16H18O/c1-16(17-2,15-11-7-4-8-12-15)13-14-9-5-3-6-10-14/h3-12H,13H2,1-2H3/t16-/m0/s1. The Kier molecular flexibility index (Phi) is 3.60. The zero-order valence-electron chi connectivity index (χ0n) is 10.4. The molecule has 0 bridgehead atoms. The van der Waals surface area contributed by atoms with Crippen LogP contribution in [0.2, 0.25) is 0 Å². The van der Waals surface area contributed by atoms with Gasteiger partial charge in [-0.3, -0.25) is 0 Å². The van der Waals surface area contributed by atoms with E-state index in [0.29, 0.717) is 0 Å². The normalized spacial score (nSPS) is 14.2. The van der Waals surface area contributed by atoms with Crippen molar-refractivity contribution in [2.24, 2.45) is 0 Å². The Labute approximate surface area is 103 Å². The van der Waals surface area contributed by atoms with E-state index < -0.39 is 0 Å². The highest BCUT2D eigenvalue weighted by Gasteiger charge is 2.26. The molecule has 0 aromatic heterocycles. The van der Waals surface area contributed by atoms with Gasteiger partial charge in [-0.1, -0.05) is 60.7 Å². The van der Waals surface area contributed by atoms with E-state index in [4.69, 9.17) is 4.74 Å². The fraction of sp³-hybridized carbons (Fsp3) is 0.250. The average molecular weight is 226 g/mol. The lowest BCUT2D eigenvalue weighted by Crippen LogP contribution is -2.27. The van der Waals surface area contributed by atoms with Gasteiger partial charge in [-0.2, -0.15) is 0 Å². The number of benzene rings is 2. The minimum atomic E-state index is -0.261. The van der Waals surface area contributed by atoms with Gasteiger partial charge in [0.25, 0.3) is 0 Å². The molecule has 0 spiro atoms. The monoisotopic (exact) mass is 226 g/mol. The van der Waals surface area contributed by atoms with Gasteiger partial charge in [0.15, 0.2) is 0 Å². The van der Waals surface area contributed by atoms with Crippen molar-refractivity contribution in [3.8, 4) is 0 Å². The first-order valence-corrected chi connectivity index (χ1v) is 5.89. The molecule has 0 unspecified atom stereocenters. The lowest BCUT2D eigenvalue weighted by Gasteiger charge is -2.29. The van der Waals surface area contributed by atoms with E-state index in [0.717, 1.165) is 6.42 Å². The van der Waals surface area contributed by atoms with Gasteiger partial charge in [0.1, 0.15) is 0 Å². The first-order valence-electron chi connectivity index (χ1n) is 5.89. The zero-order valence-corrected chi connectivity index (χ0v) is 10.4. The largest absolute Gasteiger partial charge is 0.373 e. The number of hydrogen-bond acceptors (Lipinski definition) is 1. The van der Waals surface area contributed by atoms with Gasteiger partial charge in [-0.15, -0.1) is 0 Å². The van der Waals surface area contributed by atoms with Gasteiger partial charge in [-0.25, -0.2) is 0 Å². The summed E-state index contributed by atoms with van der Waals surface area (Å²) in [5.41, 5.74) is 2.25. The topological polar surface area (TPSA) is 9.23 Å². The predicted molar refractivity (Wildman–Crippen MR) is 70.9 cm³/mol. The molecular weight excluding hydrogens is 208 g/mol. The van der Waals surface area contributed by atoms with Crippen molar-refractivity contribution in [2.75, 3.05) is 7.11 Å². The van der Waals surface area contributed by atoms with Gasteiger partial charge in [0, 0.05) is 13.5 Å². The van der Waals surface area contributed by atoms with Gasteiger partial charge < -0.3 is 4.74 Å². The van der Waals surface area contributed by atoms with Crippen LogP contribution in [-0.2, 0) is 16.8 Å². The molecule has 1 atom stereocenters. The molecule has 0 aliphatic heterocycles. The molecule has 0 saturated heterocycles. The summed E-state index contributed by atoms with van der Waals surface area (Å²) in [6.45, 7) is 2.13. The molecule has 0 saturated carbocycles. The van der Waals surface area contributed by atoms with Crippen molar-refractivity contribution in [1.29, 1.82) is 0 Å². The van der Waals surface area contributed by atoms with Crippen molar-refractivity contribution >= 4 is 0 Å². The van der Waals surface area contributed by atoms with Crippen molar-refractivity contribution < 1.29 is 4.74 Å². The van der Waals surface area contributed by atoms with Crippen molar-refractivity contribution in [1.82, 2.24) is 0 Å². The summed E-state index contributed by atoms with van der Waals surface area (Å²) in [5, 5.41) is 0. The molecule has 0 radical (unpaired) electrons. The Morgan fingerprint density at radius 3 is 1.94 bits per heavy atom. The van der Waals surface area contributed by atoms with Crippen LogP contribution in [0.25, 0.3) is 0 Å². The fourth-order valence-corrected chi connectivity index (χ4v) is 2.07. The van der Waals surface area contributed by atoms with Crippen LogP contribution in [0.3, 0.4) is 0 Å². The molecular formula is C16H18O.